The molecule has 0 heterocycles. The SMILES string of the molecule is F[B-](F)(F)F.F[B-](F)(F)F.F[B-](F)(F)F.O=S(=O)(O)c1ccccc1F.[H-].[Li+]. The fourth-order valence-electron chi connectivity index (χ4n) is 0.654. The van der Waals surface area contributed by atoms with Crippen LogP contribution in [0.1, 0.15) is 1.43 Å². The van der Waals surface area contributed by atoms with E-state index in [0.29, 0.717) is 0 Å². The summed E-state index contributed by atoms with van der Waals surface area (Å²) in [6.07, 6.45) is 0. The Morgan fingerprint density at radius 2 is 0.926 bits per heavy atom. The van der Waals surface area contributed by atoms with Crippen LogP contribution in [0.25, 0.3) is 0 Å². The first kappa shape index (κ1) is 33.6. The van der Waals surface area contributed by atoms with Gasteiger partial charge in [0.05, 0.1) is 0 Å². The number of benzene rings is 1. The van der Waals surface area contributed by atoms with Gasteiger partial charge < -0.3 is 53.2 Å². The van der Waals surface area contributed by atoms with Gasteiger partial charge in [0.15, 0.2) is 0 Å². The van der Waals surface area contributed by atoms with Crippen molar-refractivity contribution in [1.29, 1.82) is 0 Å². The third kappa shape index (κ3) is 51.7. The summed E-state index contributed by atoms with van der Waals surface area (Å²) in [5, 5.41) is 0. The van der Waals surface area contributed by atoms with Crippen LogP contribution >= 0.6 is 0 Å². The maximum atomic E-state index is 12.5. The van der Waals surface area contributed by atoms with Crippen molar-refractivity contribution in [2.75, 3.05) is 0 Å². The van der Waals surface area contributed by atoms with Gasteiger partial charge in [-0.25, -0.2) is 4.39 Å². The average molecular weight is 445 g/mol. The van der Waals surface area contributed by atoms with Gasteiger partial charge >= 0.3 is 40.6 Å². The van der Waals surface area contributed by atoms with E-state index in [1.165, 1.54) is 12.1 Å². The molecule has 0 aliphatic heterocycles. The normalized spacial score (nSPS) is 11.3. The molecule has 0 aliphatic carbocycles. The van der Waals surface area contributed by atoms with Gasteiger partial charge in [0.1, 0.15) is 10.7 Å². The minimum atomic E-state index is -6.00. The second kappa shape index (κ2) is 13.2. The van der Waals surface area contributed by atoms with Crippen LogP contribution in [0, 0.1) is 5.82 Å². The second-order valence-corrected chi connectivity index (χ2v) is 4.78. The Bertz CT molecular complexity index is 577. The van der Waals surface area contributed by atoms with E-state index in [1.807, 2.05) is 0 Å². The molecule has 1 aromatic rings. The Kier molecular flexibility index (Phi) is 16.5. The fraction of sp³-hybridized carbons (Fsp3) is 0. The van der Waals surface area contributed by atoms with Crippen LogP contribution in [-0.4, -0.2) is 34.7 Å². The van der Waals surface area contributed by atoms with Crippen molar-refractivity contribution in [1.82, 2.24) is 0 Å². The van der Waals surface area contributed by atoms with E-state index in [2.05, 4.69) is 0 Å². The van der Waals surface area contributed by atoms with Crippen LogP contribution < -0.4 is 18.9 Å². The fourth-order valence-corrected chi connectivity index (χ4v) is 1.22. The molecule has 0 unspecified atom stereocenters. The third-order valence-corrected chi connectivity index (χ3v) is 2.00. The Morgan fingerprint density at radius 1 is 0.704 bits per heavy atom. The second-order valence-electron chi connectivity index (χ2n) is 3.39. The van der Waals surface area contributed by atoms with E-state index in [4.69, 9.17) is 4.55 Å². The number of rotatable bonds is 1. The quantitative estimate of drug-likeness (QED) is 0.410. The molecule has 1 N–H and O–H groups in total. The van der Waals surface area contributed by atoms with Crippen LogP contribution in [0.3, 0.4) is 0 Å². The zero-order valence-electron chi connectivity index (χ0n) is 13.6. The van der Waals surface area contributed by atoms with Crippen LogP contribution in [0.2, 0.25) is 0 Å². The molecule has 0 fully saturated rings. The Labute approximate surface area is 157 Å². The summed E-state index contributed by atoms with van der Waals surface area (Å²) in [6.45, 7) is 0. The Morgan fingerprint density at radius 3 is 1.07 bits per heavy atom. The Balaban J connectivity index is -0.0000000896. The summed E-state index contributed by atoms with van der Waals surface area (Å²) in [5.74, 6) is -0.949. The smallest absolute Gasteiger partial charge is 1.00 e. The third-order valence-electron chi connectivity index (χ3n) is 1.11. The molecule has 0 spiro atoms. The van der Waals surface area contributed by atoms with Crippen molar-refractivity contribution in [2.45, 2.75) is 4.90 Å². The van der Waals surface area contributed by atoms with Crippen molar-refractivity contribution in [3.8, 4) is 0 Å². The molecule has 0 atom stereocenters. The molecule has 0 radical (unpaired) electrons. The summed E-state index contributed by atoms with van der Waals surface area (Å²) >= 11 is 0. The van der Waals surface area contributed by atoms with Gasteiger partial charge in [0, 0.05) is 0 Å². The first-order valence-electron chi connectivity index (χ1n) is 5.35. The molecule has 1 rings (SSSR count). The first-order valence-corrected chi connectivity index (χ1v) is 6.80. The van der Waals surface area contributed by atoms with Crippen LogP contribution in [0.15, 0.2) is 29.2 Å². The molecular weight excluding hydrogens is 438 g/mol. The molecule has 21 heteroatoms. The number of hydrogen-bond donors (Lipinski definition) is 1. The first-order chi connectivity index (χ1) is 11.0. The van der Waals surface area contributed by atoms with Gasteiger partial charge in [-0.15, -0.1) is 0 Å². The van der Waals surface area contributed by atoms with Gasteiger partial charge in [0.2, 0.25) is 0 Å². The molecular formula is C6H6B3F13LiO3S-3. The van der Waals surface area contributed by atoms with Gasteiger partial charge in [0.25, 0.3) is 10.1 Å². The van der Waals surface area contributed by atoms with E-state index in [1.54, 1.807) is 0 Å². The van der Waals surface area contributed by atoms with Crippen molar-refractivity contribution in [3.63, 3.8) is 0 Å². The van der Waals surface area contributed by atoms with Gasteiger partial charge in [-0.05, 0) is 12.1 Å². The average Bonchev–Trinajstić information content (AvgIpc) is 2.20. The van der Waals surface area contributed by atoms with E-state index in [0.717, 1.165) is 12.1 Å². The van der Waals surface area contributed by atoms with E-state index in [-0.39, 0.29) is 20.3 Å². The van der Waals surface area contributed by atoms with Gasteiger partial charge in [-0.2, -0.15) is 8.42 Å². The largest absolute Gasteiger partial charge is 1.00 e. The van der Waals surface area contributed by atoms with Gasteiger partial charge in [-0.1, -0.05) is 12.1 Å². The number of hydrogen-bond acceptors (Lipinski definition) is 2. The van der Waals surface area contributed by atoms with Crippen LogP contribution in [-0.2, 0) is 10.1 Å². The monoisotopic (exact) mass is 445 g/mol. The molecule has 0 amide bonds. The molecule has 158 valence electrons. The van der Waals surface area contributed by atoms with Crippen molar-refractivity contribution >= 4 is 31.9 Å². The summed E-state index contributed by atoms with van der Waals surface area (Å²) in [5.41, 5.74) is 0. The van der Waals surface area contributed by atoms with Crippen molar-refractivity contribution in [2.24, 2.45) is 0 Å². The molecule has 0 saturated carbocycles. The molecule has 1 aromatic carbocycles. The Hall–Kier alpha value is -0.988. The predicted octanol–water partition coefficient (Wildman–Crippen LogP) is 2.09. The summed E-state index contributed by atoms with van der Waals surface area (Å²) in [6, 6.07) is 4.62. The molecule has 0 saturated heterocycles. The van der Waals surface area contributed by atoms with E-state index in [9.17, 15) is 64.6 Å². The minimum absolute atomic E-state index is 0. The molecule has 0 aromatic heterocycles. The van der Waals surface area contributed by atoms with Crippen molar-refractivity contribution < 1.29 is 89.4 Å². The maximum absolute atomic E-state index is 12.5. The summed E-state index contributed by atoms with van der Waals surface area (Å²) in [7, 11) is -22.4. The zero-order chi connectivity index (χ0) is 22.0. The molecule has 27 heavy (non-hydrogen) atoms. The standard InChI is InChI=1S/C6H5FO3S.3BF4.Li.H/c7-5-3-1-2-4-6(5)11(8,9)10;3*2-1(3,4)5;;/h1-4H,(H,8,9,10);;;;;/q;3*-1;+1;-1. The minimum Gasteiger partial charge on any atom is -1.00 e. The summed E-state index contributed by atoms with van der Waals surface area (Å²) < 4.78 is 159. The van der Waals surface area contributed by atoms with Gasteiger partial charge in [-0.3, -0.25) is 4.55 Å². The van der Waals surface area contributed by atoms with E-state index < -0.39 is 42.6 Å². The topological polar surface area (TPSA) is 54.4 Å². The predicted molar refractivity (Wildman–Crippen MR) is 67.9 cm³/mol. The molecule has 0 aliphatic rings. The van der Waals surface area contributed by atoms with Crippen LogP contribution in [0.5, 0.6) is 0 Å². The summed E-state index contributed by atoms with van der Waals surface area (Å²) in [4.78, 5) is -0.694. The van der Waals surface area contributed by atoms with E-state index >= 15 is 0 Å². The maximum Gasteiger partial charge on any atom is 1.00 e. The molecule has 3 nitrogen and oxygen atoms in total. The molecule has 0 bridgehead atoms. The zero-order valence-corrected chi connectivity index (χ0v) is 13.4. The number of halogens is 13. The van der Waals surface area contributed by atoms with Crippen LogP contribution in [0.4, 0.5) is 56.2 Å². The van der Waals surface area contributed by atoms with Crippen molar-refractivity contribution in [3.05, 3.63) is 30.1 Å².